The second-order valence-electron chi connectivity index (χ2n) is 5.04. The van der Waals surface area contributed by atoms with Crippen LogP contribution in [0.1, 0.15) is 16.8 Å². The first kappa shape index (κ1) is 12.6. The second kappa shape index (κ2) is 5.29. The first-order valence-electron chi connectivity index (χ1n) is 6.73. The number of hydrogen-bond donors (Lipinski definition) is 1. The van der Waals surface area contributed by atoms with Crippen molar-refractivity contribution in [1.82, 2.24) is 9.97 Å². The number of para-hydroxylation sites is 1. The largest absolute Gasteiger partial charge is 0.380 e. The Morgan fingerprint density at radius 3 is 2.75 bits per heavy atom. The molecule has 1 aromatic carbocycles. The Hall–Kier alpha value is -2.42. The lowest BCUT2D eigenvalue weighted by atomic mass is 10.1. The smallest absolute Gasteiger partial charge is 0.0708 e. The molecule has 3 aromatic rings. The summed E-state index contributed by atoms with van der Waals surface area (Å²) in [5, 5.41) is 4.63. The van der Waals surface area contributed by atoms with E-state index in [1.165, 1.54) is 10.9 Å². The van der Waals surface area contributed by atoms with Crippen molar-refractivity contribution >= 4 is 16.6 Å². The van der Waals surface area contributed by atoms with E-state index in [9.17, 15) is 0 Å². The van der Waals surface area contributed by atoms with Crippen LogP contribution in [0.25, 0.3) is 10.9 Å². The minimum atomic E-state index is 0.773. The van der Waals surface area contributed by atoms with Crippen molar-refractivity contribution in [3.05, 3.63) is 65.6 Å². The number of aryl methyl sites for hydroxylation is 2. The highest BCUT2D eigenvalue weighted by Gasteiger charge is 2.03. The van der Waals surface area contributed by atoms with Crippen molar-refractivity contribution in [3.63, 3.8) is 0 Å². The van der Waals surface area contributed by atoms with E-state index in [0.717, 1.165) is 29.0 Å². The maximum Gasteiger partial charge on any atom is 0.0708 e. The fourth-order valence-electron chi connectivity index (χ4n) is 2.39. The summed E-state index contributed by atoms with van der Waals surface area (Å²) < 4.78 is 0. The molecule has 2 aromatic heterocycles. The monoisotopic (exact) mass is 263 g/mol. The summed E-state index contributed by atoms with van der Waals surface area (Å²) in [5.74, 6) is 0. The van der Waals surface area contributed by atoms with Gasteiger partial charge in [-0.05, 0) is 43.2 Å². The van der Waals surface area contributed by atoms with E-state index in [-0.39, 0.29) is 0 Å². The van der Waals surface area contributed by atoms with Crippen LogP contribution in [0.3, 0.4) is 0 Å². The summed E-state index contributed by atoms with van der Waals surface area (Å²) in [4.78, 5) is 8.77. The number of aromatic nitrogens is 2. The Morgan fingerprint density at radius 1 is 1.05 bits per heavy atom. The van der Waals surface area contributed by atoms with Crippen molar-refractivity contribution in [1.29, 1.82) is 0 Å². The molecular weight excluding hydrogens is 246 g/mol. The van der Waals surface area contributed by atoms with Crippen molar-refractivity contribution in [2.75, 3.05) is 5.32 Å². The Bertz CT molecular complexity index is 750. The van der Waals surface area contributed by atoms with Gasteiger partial charge in [0.1, 0.15) is 0 Å². The van der Waals surface area contributed by atoms with E-state index in [0.29, 0.717) is 0 Å². The van der Waals surface area contributed by atoms with Crippen LogP contribution < -0.4 is 5.32 Å². The lowest BCUT2D eigenvalue weighted by Crippen LogP contribution is -2.02. The number of fused-ring (bicyclic) bond motifs is 1. The molecule has 0 amide bonds. The number of nitrogens with zero attached hydrogens (tertiary/aromatic N) is 2. The third-order valence-electron chi connectivity index (χ3n) is 3.29. The molecule has 0 aliphatic carbocycles. The Morgan fingerprint density at radius 2 is 1.90 bits per heavy atom. The lowest BCUT2D eigenvalue weighted by Gasteiger charge is -2.10. The molecule has 1 N–H and O–H groups in total. The standard InChI is InChI=1S/C17H17N3/c1-12-7-15(11-18-9-12)19-10-14-8-13(2)20-17-6-4-3-5-16(14)17/h3-9,11,19H,10H2,1-2H3. The molecule has 0 aliphatic rings. The highest BCUT2D eigenvalue weighted by molar-refractivity contribution is 5.82. The predicted octanol–water partition coefficient (Wildman–Crippen LogP) is 3.86. The molecule has 0 spiro atoms. The topological polar surface area (TPSA) is 37.8 Å². The van der Waals surface area contributed by atoms with Crippen LogP contribution in [0.4, 0.5) is 5.69 Å². The van der Waals surface area contributed by atoms with Crippen LogP contribution in [0, 0.1) is 13.8 Å². The number of rotatable bonds is 3. The molecule has 0 saturated heterocycles. The molecule has 0 aliphatic heterocycles. The van der Waals surface area contributed by atoms with Crippen molar-refractivity contribution < 1.29 is 0 Å². The van der Waals surface area contributed by atoms with Gasteiger partial charge in [-0.25, -0.2) is 0 Å². The Labute approximate surface area is 118 Å². The lowest BCUT2D eigenvalue weighted by molar-refractivity contribution is 1.12. The third kappa shape index (κ3) is 2.62. The minimum Gasteiger partial charge on any atom is -0.380 e. The van der Waals surface area contributed by atoms with Gasteiger partial charge in [-0.1, -0.05) is 18.2 Å². The van der Waals surface area contributed by atoms with Crippen LogP contribution >= 0.6 is 0 Å². The van der Waals surface area contributed by atoms with Gasteiger partial charge in [-0.2, -0.15) is 0 Å². The Balaban J connectivity index is 1.91. The molecule has 0 saturated carbocycles. The molecule has 0 bridgehead atoms. The normalized spacial score (nSPS) is 10.7. The zero-order valence-electron chi connectivity index (χ0n) is 11.7. The SMILES string of the molecule is Cc1cncc(NCc2cc(C)nc3ccccc23)c1. The highest BCUT2D eigenvalue weighted by Crippen LogP contribution is 2.19. The molecular formula is C17H17N3. The number of nitrogens with one attached hydrogen (secondary N) is 1. The maximum atomic E-state index is 4.57. The summed E-state index contributed by atoms with van der Waals surface area (Å²) in [7, 11) is 0. The van der Waals surface area contributed by atoms with E-state index in [1.54, 1.807) is 0 Å². The average Bonchev–Trinajstić information content (AvgIpc) is 2.44. The molecule has 0 atom stereocenters. The molecule has 0 unspecified atom stereocenters. The van der Waals surface area contributed by atoms with Crippen LogP contribution in [-0.2, 0) is 6.54 Å². The number of anilines is 1. The van der Waals surface area contributed by atoms with Crippen molar-refractivity contribution in [2.45, 2.75) is 20.4 Å². The van der Waals surface area contributed by atoms with Crippen LogP contribution in [0.5, 0.6) is 0 Å². The van der Waals surface area contributed by atoms with E-state index in [2.05, 4.69) is 45.6 Å². The fourth-order valence-corrected chi connectivity index (χ4v) is 2.39. The zero-order valence-corrected chi connectivity index (χ0v) is 11.7. The van der Waals surface area contributed by atoms with Crippen molar-refractivity contribution in [2.24, 2.45) is 0 Å². The summed E-state index contributed by atoms with van der Waals surface area (Å²) in [6.07, 6.45) is 3.71. The van der Waals surface area contributed by atoms with Crippen LogP contribution in [-0.4, -0.2) is 9.97 Å². The summed E-state index contributed by atoms with van der Waals surface area (Å²) in [6.45, 7) is 4.85. The zero-order chi connectivity index (χ0) is 13.9. The van der Waals surface area contributed by atoms with Gasteiger partial charge in [0, 0.05) is 30.0 Å². The summed E-state index contributed by atoms with van der Waals surface area (Å²) in [5.41, 5.74) is 5.55. The summed E-state index contributed by atoms with van der Waals surface area (Å²) >= 11 is 0. The van der Waals surface area contributed by atoms with Gasteiger partial charge in [0.2, 0.25) is 0 Å². The summed E-state index contributed by atoms with van der Waals surface area (Å²) in [6, 6.07) is 12.5. The highest BCUT2D eigenvalue weighted by atomic mass is 14.9. The maximum absolute atomic E-state index is 4.57. The number of pyridine rings is 2. The van der Waals surface area contributed by atoms with Gasteiger partial charge in [-0.3, -0.25) is 9.97 Å². The third-order valence-corrected chi connectivity index (χ3v) is 3.29. The van der Waals surface area contributed by atoms with Gasteiger partial charge in [-0.15, -0.1) is 0 Å². The molecule has 0 fully saturated rings. The fraction of sp³-hybridized carbons (Fsp3) is 0.176. The molecule has 100 valence electrons. The molecule has 3 rings (SSSR count). The Kier molecular flexibility index (Phi) is 3.33. The van der Waals surface area contributed by atoms with Crippen LogP contribution in [0.15, 0.2) is 48.8 Å². The van der Waals surface area contributed by atoms with Gasteiger partial charge >= 0.3 is 0 Å². The van der Waals surface area contributed by atoms with E-state index < -0.39 is 0 Å². The molecule has 0 radical (unpaired) electrons. The minimum absolute atomic E-state index is 0.773. The molecule has 3 heteroatoms. The van der Waals surface area contributed by atoms with E-state index in [1.807, 2.05) is 32.3 Å². The van der Waals surface area contributed by atoms with Crippen LogP contribution in [0.2, 0.25) is 0 Å². The number of benzene rings is 1. The first-order chi connectivity index (χ1) is 9.72. The van der Waals surface area contributed by atoms with Gasteiger partial charge in [0.15, 0.2) is 0 Å². The molecule has 3 nitrogen and oxygen atoms in total. The van der Waals surface area contributed by atoms with E-state index in [4.69, 9.17) is 0 Å². The first-order valence-corrected chi connectivity index (χ1v) is 6.73. The number of hydrogen-bond acceptors (Lipinski definition) is 3. The molecule has 2 heterocycles. The second-order valence-corrected chi connectivity index (χ2v) is 5.04. The van der Waals surface area contributed by atoms with Crippen molar-refractivity contribution in [3.8, 4) is 0 Å². The van der Waals surface area contributed by atoms with Gasteiger partial charge in [0.05, 0.1) is 11.2 Å². The van der Waals surface area contributed by atoms with E-state index >= 15 is 0 Å². The quantitative estimate of drug-likeness (QED) is 0.779. The van der Waals surface area contributed by atoms with Gasteiger partial charge in [0.25, 0.3) is 0 Å². The average molecular weight is 263 g/mol. The van der Waals surface area contributed by atoms with Gasteiger partial charge < -0.3 is 5.32 Å². The predicted molar refractivity (Wildman–Crippen MR) is 82.8 cm³/mol. The molecule has 20 heavy (non-hydrogen) atoms.